The van der Waals surface area contributed by atoms with Crippen molar-refractivity contribution in [3.8, 4) is 0 Å². The van der Waals surface area contributed by atoms with E-state index in [1.807, 2.05) is 0 Å². The van der Waals surface area contributed by atoms with E-state index in [9.17, 15) is 0 Å². The SMILES string of the molecule is CCc1ccccc1C(N)CC1CCC1. The van der Waals surface area contributed by atoms with E-state index in [0.717, 1.165) is 12.3 Å². The summed E-state index contributed by atoms with van der Waals surface area (Å²) in [4.78, 5) is 0. The predicted molar refractivity (Wildman–Crippen MR) is 64.7 cm³/mol. The Bertz CT molecular complexity index is 315. The van der Waals surface area contributed by atoms with Gasteiger partial charge < -0.3 is 5.73 Å². The zero-order chi connectivity index (χ0) is 10.7. The van der Waals surface area contributed by atoms with Gasteiger partial charge >= 0.3 is 0 Å². The second-order valence-electron chi connectivity index (χ2n) is 4.69. The molecule has 0 saturated heterocycles. The van der Waals surface area contributed by atoms with E-state index >= 15 is 0 Å². The molecule has 1 aliphatic rings. The highest BCUT2D eigenvalue weighted by atomic mass is 14.6. The van der Waals surface area contributed by atoms with Gasteiger partial charge in [0.25, 0.3) is 0 Å². The topological polar surface area (TPSA) is 26.0 Å². The van der Waals surface area contributed by atoms with Crippen LogP contribution in [0.15, 0.2) is 24.3 Å². The van der Waals surface area contributed by atoms with Crippen LogP contribution in [0.2, 0.25) is 0 Å². The highest BCUT2D eigenvalue weighted by Gasteiger charge is 2.21. The number of benzene rings is 1. The van der Waals surface area contributed by atoms with Crippen LogP contribution in [-0.2, 0) is 6.42 Å². The minimum absolute atomic E-state index is 0.256. The Hall–Kier alpha value is -0.820. The van der Waals surface area contributed by atoms with E-state index in [0.29, 0.717) is 0 Å². The van der Waals surface area contributed by atoms with E-state index in [4.69, 9.17) is 5.73 Å². The van der Waals surface area contributed by atoms with Crippen LogP contribution in [0.1, 0.15) is 49.8 Å². The van der Waals surface area contributed by atoms with Gasteiger partial charge in [-0.25, -0.2) is 0 Å². The van der Waals surface area contributed by atoms with Gasteiger partial charge in [-0.1, -0.05) is 50.5 Å². The van der Waals surface area contributed by atoms with Crippen molar-refractivity contribution in [2.75, 3.05) is 0 Å². The summed E-state index contributed by atoms with van der Waals surface area (Å²) in [5, 5.41) is 0. The number of nitrogens with two attached hydrogens (primary N) is 1. The standard InChI is InChI=1S/C14H21N/c1-2-12-8-3-4-9-13(12)14(15)10-11-6-5-7-11/h3-4,8-9,11,14H,2,5-7,10,15H2,1H3. The Balaban J connectivity index is 2.05. The number of aryl methyl sites for hydroxylation is 1. The highest BCUT2D eigenvalue weighted by Crippen LogP contribution is 2.34. The van der Waals surface area contributed by atoms with Gasteiger partial charge in [-0.15, -0.1) is 0 Å². The van der Waals surface area contributed by atoms with Gasteiger partial charge in [-0.2, -0.15) is 0 Å². The fourth-order valence-corrected chi connectivity index (χ4v) is 2.43. The van der Waals surface area contributed by atoms with Gasteiger partial charge in [0, 0.05) is 6.04 Å². The van der Waals surface area contributed by atoms with Crippen molar-refractivity contribution in [1.29, 1.82) is 0 Å². The molecular formula is C14H21N. The van der Waals surface area contributed by atoms with Gasteiger partial charge in [-0.05, 0) is 29.9 Å². The summed E-state index contributed by atoms with van der Waals surface area (Å²) in [5.74, 6) is 0.893. The van der Waals surface area contributed by atoms with Crippen LogP contribution < -0.4 is 5.73 Å². The first-order valence-corrected chi connectivity index (χ1v) is 6.14. The number of hydrogen-bond acceptors (Lipinski definition) is 1. The molecule has 0 spiro atoms. The lowest BCUT2D eigenvalue weighted by Crippen LogP contribution is -2.21. The lowest BCUT2D eigenvalue weighted by atomic mass is 9.79. The molecule has 0 aromatic heterocycles. The van der Waals surface area contributed by atoms with Crippen LogP contribution in [0.4, 0.5) is 0 Å². The molecule has 1 aliphatic carbocycles. The molecule has 0 amide bonds. The first-order chi connectivity index (χ1) is 7.31. The third kappa shape index (κ3) is 2.40. The van der Waals surface area contributed by atoms with E-state index in [1.165, 1.54) is 36.8 Å². The second-order valence-corrected chi connectivity index (χ2v) is 4.69. The molecular weight excluding hydrogens is 182 g/mol. The first-order valence-electron chi connectivity index (χ1n) is 6.14. The molecule has 0 aliphatic heterocycles. The van der Waals surface area contributed by atoms with Crippen LogP contribution in [-0.4, -0.2) is 0 Å². The van der Waals surface area contributed by atoms with E-state index in [2.05, 4.69) is 31.2 Å². The lowest BCUT2D eigenvalue weighted by molar-refractivity contribution is 0.277. The van der Waals surface area contributed by atoms with Crippen LogP contribution in [0.5, 0.6) is 0 Å². The first kappa shape index (κ1) is 10.7. The molecule has 1 saturated carbocycles. The molecule has 1 unspecified atom stereocenters. The Morgan fingerprint density at radius 1 is 1.33 bits per heavy atom. The molecule has 0 bridgehead atoms. The summed E-state index contributed by atoms with van der Waals surface area (Å²) in [7, 11) is 0. The van der Waals surface area contributed by atoms with Crippen molar-refractivity contribution in [3.63, 3.8) is 0 Å². The minimum atomic E-state index is 0.256. The summed E-state index contributed by atoms with van der Waals surface area (Å²) in [6.45, 7) is 2.20. The van der Waals surface area contributed by atoms with Crippen LogP contribution in [0.25, 0.3) is 0 Å². The number of rotatable bonds is 4. The minimum Gasteiger partial charge on any atom is -0.324 e. The third-order valence-corrected chi connectivity index (χ3v) is 3.65. The molecule has 0 radical (unpaired) electrons. The van der Waals surface area contributed by atoms with E-state index in [1.54, 1.807) is 0 Å². The molecule has 1 nitrogen and oxygen atoms in total. The van der Waals surface area contributed by atoms with Crippen molar-refractivity contribution in [2.24, 2.45) is 11.7 Å². The van der Waals surface area contributed by atoms with E-state index in [-0.39, 0.29) is 6.04 Å². The smallest absolute Gasteiger partial charge is 0.0300 e. The monoisotopic (exact) mass is 203 g/mol. The van der Waals surface area contributed by atoms with Crippen LogP contribution >= 0.6 is 0 Å². The van der Waals surface area contributed by atoms with Gasteiger partial charge in [0.1, 0.15) is 0 Å². The highest BCUT2D eigenvalue weighted by molar-refractivity contribution is 5.29. The second kappa shape index (κ2) is 4.80. The average Bonchev–Trinajstić information content (AvgIpc) is 2.23. The Kier molecular flexibility index (Phi) is 3.42. The molecule has 1 fully saturated rings. The van der Waals surface area contributed by atoms with Crippen LogP contribution in [0, 0.1) is 5.92 Å². The van der Waals surface area contributed by atoms with Crippen molar-refractivity contribution >= 4 is 0 Å². The normalized spacial score (nSPS) is 18.5. The van der Waals surface area contributed by atoms with Crippen molar-refractivity contribution in [3.05, 3.63) is 35.4 Å². The largest absolute Gasteiger partial charge is 0.324 e. The Morgan fingerprint density at radius 2 is 2.07 bits per heavy atom. The quantitative estimate of drug-likeness (QED) is 0.797. The molecule has 2 N–H and O–H groups in total. The fraction of sp³-hybridized carbons (Fsp3) is 0.571. The molecule has 2 rings (SSSR count). The Morgan fingerprint density at radius 3 is 2.67 bits per heavy atom. The zero-order valence-electron chi connectivity index (χ0n) is 9.58. The molecule has 1 aromatic rings. The summed E-state index contributed by atoms with van der Waals surface area (Å²) in [5.41, 5.74) is 9.07. The Labute approximate surface area is 92.7 Å². The van der Waals surface area contributed by atoms with Crippen LogP contribution in [0.3, 0.4) is 0 Å². The molecule has 82 valence electrons. The van der Waals surface area contributed by atoms with E-state index < -0.39 is 0 Å². The summed E-state index contributed by atoms with van der Waals surface area (Å²) < 4.78 is 0. The van der Waals surface area contributed by atoms with Gasteiger partial charge in [0.05, 0.1) is 0 Å². The summed E-state index contributed by atoms with van der Waals surface area (Å²) in [6, 6.07) is 8.87. The van der Waals surface area contributed by atoms with Gasteiger partial charge in [-0.3, -0.25) is 0 Å². The lowest BCUT2D eigenvalue weighted by Gasteiger charge is -2.28. The molecule has 15 heavy (non-hydrogen) atoms. The molecule has 1 atom stereocenters. The molecule has 0 heterocycles. The average molecular weight is 203 g/mol. The molecule has 1 heteroatoms. The van der Waals surface area contributed by atoms with Crippen molar-refractivity contribution in [2.45, 2.75) is 45.1 Å². The van der Waals surface area contributed by atoms with Crippen molar-refractivity contribution in [1.82, 2.24) is 0 Å². The van der Waals surface area contributed by atoms with Gasteiger partial charge in [0.2, 0.25) is 0 Å². The predicted octanol–water partition coefficient (Wildman–Crippen LogP) is 3.44. The molecule has 1 aromatic carbocycles. The maximum absolute atomic E-state index is 6.28. The van der Waals surface area contributed by atoms with Gasteiger partial charge in [0.15, 0.2) is 0 Å². The summed E-state index contributed by atoms with van der Waals surface area (Å²) >= 11 is 0. The third-order valence-electron chi connectivity index (χ3n) is 3.65. The maximum atomic E-state index is 6.28. The zero-order valence-corrected chi connectivity index (χ0v) is 9.58. The van der Waals surface area contributed by atoms with Crippen molar-refractivity contribution < 1.29 is 0 Å². The maximum Gasteiger partial charge on any atom is 0.0300 e. The number of hydrogen-bond donors (Lipinski definition) is 1. The fourth-order valence-electron chi connectivity index (χ4n) is 2.43. The summed E-state index contributed by atoms with van der Waals surface area (Å²) in [6.07, 6.45) is 6.46.